The van der Waals surface area contributed by atoms with Gasteiger partial charge in [-0.1, -0.05) is 22.9 Å². The van der Waals surface area contributed by atoms with E-state index in [1.54, 1.807) is 11.9 Å². The normalized spacial score (nSPS) is 11.2. The van der Waals surface area contributed by atoms with E-state index in [0.717, 1.165) is 22.2 Å². The predicted octanol–water partition coefficient (Wildman–Crippen LogP) is 4.19. The SMILES string of the molecule is CCCOc1ccc(Br)cc1CNCCN(C)C(=O)OC(C)(C)C. The van der Waals surface area contributed by atoms with Gasteiger partial charge in [-0.05, 0) is 45.4 Å². The van der Waals surface area contributed by atoms with E-state index in [4.69, 9.17) is 9.47 Å². The lowest BCUT2D eigenvalue weighted by atomic mass is 10.2. The fourth-order valence-corrected chi connectivity index (χ4v) is 2.35. The molecule has 1 rings (SSSR count). The van der Waals surface area contributed by atoms with Gasteiger partial charge in [0, 0.05) is 36.7 Å². The van der Waals surface area contributed by atoms with E-state index in [1.165, 1.54) is 0 Å². The van der Waals surface area contributed by atoms with Crippen molar-refractivity contribution < 1.29 is 14.3 Å². The van der Waals surface area contributed by atoms with E-state index in [9.17, 15) is 4.79 Å². The Labute approximate surface area is 153 Å². The zero-order valence-corrected chi connectivity index (χ0v) is 16.9. The van der Waals surface area contributed by atoms with Crippen LogP contribution in [-0.4, -0.2) is 43.3 Å². The average molecular weight is 401 g/mol. The van der Waals surface area contributed by atoms with Gasteiger partial charge in [-0.15, -0.1) is 0 Å². The third kappa shape index (κ3) is 8.02. The predicted molar refractivity (Wildman–Crippen MR) is 100 cm³/mol. The first kappa shape index (κ1) is 20.8. The number of nitrogens with one attached hydrogen (secondary N) is 1. The molecule has 0 saturated carbocycles. The third-order valence-electron chi connectivity index (χ3n) is 3.13. The summed E-state index contributed by atoms with van der Waals surface area (Å²) in [4.78, 5) is 13.5. The Bertz CT molecular complexity index is 529. The zero-order chi connectivity index (χ0) is 18.2. The maximum absolute atomic E-state index is 11.9. The number of amides is 1. The van der Waals surface area contributed by atoms with E-state index in [1.807, 2.05) is 32.9 Å². The summed E-state index contributed by atoms with van der Waals surface area (Å²) >= 11 is 3.49. The number of carbonyl (C=O) groups excluding carboxylic acids is 1. The summed E-state index contributed by atoms with van der Waals surface area (Å²) in [6, 6.07) is 6.00. The van der Waals surface area contributed by atoms with Crippen molar-refractivity contribution in [2.45, 2.75) is 46.3 Å². The molecule has 0 bridgehead atoms. The van der Waals surface area contributed by atoms with Gasteiger partial charge in [0.1, 0.15) is 11.4 Å². The molecule has 0 saturated heterocycles. The molecule has 6 heteroatoms. The van der Waals surface area contributed by atoms with Crippen LogP contribution in [0.25, 0.3) is 0 Å². The molecule has 0 aliphatic rings. The molecule has 0 spiro atoms. The van der Waals surface area contributed by atoms with E-state index in [0.29, 0.717) is 26.2 Å². The molecular weight excluding hydrogens is 372 g/mol. The Hall–Kier alpha value is -1.27. The molecule has 1 amide bonds. The maximum atomic E-state index is 11.9. The monoisotopic (exact) mass is 400 g/mol. The minimum absolute atomic E-state index is 0.307. The van der Waals surface area contributed by atoms with Gasteiger partial charge in [-0.2, -0.15) is 0 Å². The Kier molecular flexibility index (Phi) is 8.56. The van der Waals surface area contributed by atoms with Gasteiger partial charge in [0.05, 0.1) is 6.61 Å². The highest BCUT2D eigenvalue weighted by Crippen LogP contribution is 2.23. The Morgan fingerprint density at radius 3 is 2.67 bits per heavy atom. The van der Waals surface area contributed by atoms with Crippen LogP contribution in [-0.2, 0) is 11.3 Å². The number of hydrogen-bond acceptors (Lipinski definition) is 4. The summed E-state index contributed by atoms with van der Waals surface area (Å²) in [5, 5.41) is 3.34. The molecule has 1 aromatic rings. The molecule has 1 N–H and O–H groups in total. The number of likely N-dealkylation sites (N-methyl/N-ethyl adjacent to an activating group) is 1. The molecular formula is C18H29BrN2O3. The molecule has 0 aliphatic carbocycles. The number of halogens is 1. The highest BCUT2D eigenvalue weighted by Gasteiger charge is 2.19. The van der Waals surface area contributed by atoms with Gasteiger partial charge >= 0.3 is 6.09 Å². The molecule has 0 fully saturated rings. The summed E-state index contributed by atoms with van der Waals surface area (Å²) in [7, 11) is 1.74. The van der Waals surface area contributed by atoms with Crippen molar-refractivity contribution in [2.75, 3.05) is 26.7 Å². The standard InChI is InChI=1S/C18H29BrN2O3/c1-6-11-23-16-8-7-15(19)12-14(16)13-20-9-10-21(5)17(22)24-18(2,3)4/h7-8,12,20H,6,9-11,13H2,1-5H3. The molecule has 0 radical (unpaired) electrons. The van der Waals surface area contributed by atoms with Crippen molar-refractivity contribution in [3.05, 3.63) is 28.2 Å². The second kappa shape index (κ2) is 9.89. The number of benzene rings is 1. The lowest BCUT2D eigenvalue weighted by molar-refractivity contribution is 0.0300. The van der Waals surface area contributed by atoms with Gasteiger partial charge in [0.25, 0.3) is 0 Å². The van der Waals surface area contributed by atoms with Crippen LogP contribution in [0.3, 0.4) is 0 Å². The van der Waals surface area contributed by atoms with Crippen molar-refractivity contribution in [1.29, 1.82) is 0 Å². The van der Waals surface area contributed by atoms with E-state index >= 15 is 0 Å². The largest absolute Gasteiger partial charge is 0.493 e. The maximum Gasteiger partial charge on any atom is 0.410 e. The molecule has 0 atom stereocenters. The van der Waals surface area contributed by atoms with Gasteiger partial charge in [-0.25, -0.2) is 4.79 Å². The fourth-order valence-electron chi connectivity index (χ4n) is 1.94. The summed E-state index contributed by atoms with van der Waals surface area (Å²) in [5.41, 5.74) is 0.624. The second-order valence-corrected chi connectivity index (χ2v) is 7.59. The quantitative estimate of drug-likeness (QED) is 0.664. The van der Waals surface area contributed by atoms with E-state index in [2.05, 4.69) is 34.2 Å². The lowest BCUT2D eigenvalue weighted by Crippen LogP contribution is -2.37. The zero-order valence-electron chi connectivity index (χ0n) is 15.3. The van der Waals surface area contributed by atoms with Crippen LogP contribution >= 0.6 is 15.9 Å². The van der Waals surface area contributed by atoms with Crippen LogP contribution in [0.1, 0.15) is 39.7 Å². The van der Waals surface area contributed by atoms with Gasteiger partial charge < -0.3 is 19.7 Å². The first-order chi connectivity index (χ1) is 11.2. The Morgan fingerprint density at radius 2 is 2.04 bits per heavy atom. The van der Waals surface area contributed by atoms with E-state index < -0.39 is 5.60 Å². The minimum Gasteiger partial charge on any atom is -0.493 e. The summed E-state index contributed by atoms with van der Waals surface area (Å²) in [6.07, 6.45) is 0.669. The summed E-state index contributed by atoms with van der Waals surface area (Å²) < 4.78 is 12.1. The number of carbonyl (C=O) groups is 1. The minimum atomic E-state index is -0.472. The van der Waals surface area contributed by atoms with Gasteiger partial charge in [0.15, 0.2) is 0 Å². The van der Waals surface area contributed by atoms with Gasteiger partial charge in [-0.3, -0.25) is 0 Å². The first-order valence-electron chi connectivity index (χ1n) is 8.29. The molecule has 1 aromatic carbocycles. The highest BCUT2D eigenvalue weighted by atomic mass is 79.9. The van der Waals surface area contributed by atoms with Crippen LogP contribution in [0, 0.1) is 0 Å². The van der Waals surface area contributed by atoms with E-state index in [-0.39, 0.29) is 6.09 Å². The van der Waals surface area contributed by atoms with Crippen molar-refractivity contribution in [3.63, 3.8) is 0 Å². The number of hydrogen-bond donors (Lipinski definition) is 1. The third-order valence-corrected chi connectivity index (χ3v) is 3.62. The van der Waals surface area contributed by atoms with Crippen molar-refractivity contribution in [3.8, 4) is 5.75 Å². The second-order valence-electron chi connectivity index (χ2n) is 6.68. The van der Waals surface area contributed by atoms with Crippen LogP contribution in [0.2, 0.25) is 0 Å². The topological polar surface area (TPSA) is 50.8 Å². The molecule has 0 aliphatic heterocycles. The highest BCUT2D eigenvalue weighted by molar-refractivity contribution is 9.10. The number of rotatable bonds is 8. The van der Waals surface area contributed by atoms with Gasteiger partial charge in [0.2, 0.25) is 0 Å². The summed E-state index contributed by atoms with van der Waals surface area (Å²) in [6.45, 7) is 10.3. The number of ether oxygens (including phenoxy) is 2. The van der Waals surface area contributed by atoms with Crippen molar-refractivity contribution in [1.82, 2.24) is 10.2 Å². The van der Waals surface area contributed by atoms with Crippen LogP contribution in [0.4, 0.5) is 4.79 Å². The lowest BCUT2D eigenvalue weighted by Gasteiger charge is -2.24. The fraction of sp³-hybridized carbons (Fsp3) is 0.611. The van der Waals surface area contributed by atoms with Crippen molar-refractivity contribution in [2.24, 2.45) is 0 Å². The Morgan fingerprint density at radius 1 is 1.33 bits per heavy atom. The smallest absolute Gasteiger partial charge is 0.410 e. The molecule has 0 unspecified atom stereocenters. The summed E-state index contributed by atoms with van der Waals surface area (Å²) in [5.74, 6) is 0.896. The van der Waals surface area contributed by atoms with Crippen molar-refractivity contribution >= 4 is 22.0 Å². The molecule has 24 heavy (non-hydrogen) atoms. The number of nitrogens with zero attached hydrogens (tertiary/aromatic N) is 1. The van der Waals surface area contributed by atoms with Crippen LogP contribution in [0.5, 0.6) is 5.75 Å². The Balaban J connectivity index is 2.44. The van der Waals surface area contributed by atoms with Crippen LogP contribution in [0.15, 0.2) is 22.7 Å². The first-order valence-corrected chi connectivity index (χ1v) is 9.08. The van der Waals surface area contributed by atoms with Crippen LogP contribution < -0.4 is 10.1 Å². The molecule has 0 heterocycles. The average Bonchev–Trinajstić information content (AvgIpc) is 2.48. The molecule has 136 valence electrons. The molecule has 0 aromatic heterocycles. The molecule has 5 nitrogen and oxygen atoms in total.